The van der Waals surface area contributed by atoms with Gasteiger partial charge in [0.2, 0.25) is 11.8 Å². The van der Waals surface area contributed by atoms with Crippen LogP contribution in [-0.2, 0) is 9.59 Å². The predicted octanol–water partition coefficient (Wildman–Crippen LogP) is 0.908. The molecule has 1 unspecified atom stereocenters. The number of nitrogens with one attached hydrogen (secondary N) is 1. The first kappa shape index (κ1) is 15.9. The van der Waals surface area contributed by atoms with Crippen LogP contribution in [0.1, 0.15) is 23.8 Å². The molecule has 0 spiro atoms. The monoisotopic (exact) mass is 303 g/mol. The van der Waals surface area contributed by atoms with Gasteiger partial charge in [0.05, 0.1) is 0 Å². The number of carbonyl (C=O) groups is 2. The van der Waals surface area contributed by atoms with Crippen LogP contribution in [0.4, 0.5) is 0 Å². The van der Waals surface area contributed by atoms with Crippen molar-refractivity contribution in [2.24, 2.45) is 5.73 Å². The number of piperazine rings is 1. The minimum absolute atomic E-state index is 0. The van der Waals surface area contributed by atoms with E-state index < -0.39 is 6.04 Å². The molecule has 0 radical (unpaired) electrons. The highest BCUT2D eigenvalue weighted by Gasteiger charge is 2.34. The number of rotatable bonds is 4. The molecule has 7 heteroatoms. The number of halogens is 1. The van der Waals surface area contributed by atoms with Crippen LogP contribution in [0.3, 0.4) is 0 Å². The first-order chi connectivity index (χ1) is 8.74. The third-order valence-electron chi connectivity index (χ3n) is 2.94. The van der Waals surface area contributed by atoms with E-state index in [1.807, 2.05) is 17.5 Å². The van der Waals surface area contributed by atoms with E-state index in [9.17, 15) is 9.59 Å². The van der Waals surface area contributed by atoms with E-state index in [1.165, 1.54) is 11.3 Å². The molecule has 1 aliphatic heterocycles. The van der Waals surface area contributed by atoms with Gasteiger partial charge >= 0.3 is 0 Å². The van der Waals surface area contributed by atoms with Gasteiger partial charge < -0.3 is 16.0 Å². The molecule has 0 bridgehead atoms. The van der Waals surface area contributed by atoms with Crippen LogP contribution in [0.5, 0.6) is 0 Å². The van der Waals surface area contributed by atoms with Crippen LogP contribution in [-0.4, -0.2) is 36.3 Å². The number of thiophene rings is 1. The fraction of sp³-hybridized carbons (Fsp3) is 0.500. The van der Waals surface area contributed by atoms with Gasteiger partial charge in [-0.3, -0.25) is 9.59 Å². The Morgan fingerprint density at radius 1 is 1.58 bits per heavy atom. The summed E-state index contributed by atoms with van der Waals surface area (Å²) < 4.78 is 0. The van der Waals surface area contributed by atoms with Gasteiger partial charge in [0.15, 0.2) is 0 Å². The van der Waals surface area contributed by atoms with Crippen LogP contribution in [0.2, 0.25) is 0 Å². The quantitative estimate of drug-likeness (QED) is 0.868. The molecule has 1 aromatic heterocycles. The third-order valence-corrected chi connectivity index (χ3v) is 3.86. The Bertz CT molecular complexity index is 425. The Kier molecular flexibility index (Phi) is 6.27. The maximum Gasteiger partial charge on any atom is 0.248 e. The molecule has 3 N–H and O–H groups in total. The van der Waals surface area contributed by atoms with Crippen molar-refractivity contribution in [1.29, 1.82) is 0 Å². The molecular formula is C12H18ClN3O2S. The molecule has 0 aliphatic carbocycles. The van der Waals surface area contributed by atoms with Crippen molar-refractivity contribution in [3.63, 3.8) is 0 Å². The summed E-state index contributed by atoms with van der Waals surface area (Å²) in [4.78, 5) is 26.6. The van der Waals surface area contributed by atoms with Crippen molar-refractivity contribution in [3.05, 3.63) is 22.4 Å². The maximum atomic E-state index is 12.1. The van der Waals surface area contributed by atoms with Gasteiger partial charge in [-0.15, -0.1) is 23.7 Å². The zero-order valence-corrected chi connectivity index (χ0v) is 12.1. The Labute approximate surface area is 122 Å². The molecule has 1 aromatic rings. The number of carbonyl (C=O) groups excluding carboxylic acids is 2. The van der Waals surface area contributed by atoms with Crippen LogP contribution in [0.25, 0.3) is 0 Å². The first-order valence-electron chi connectivity index (χ1n) is 6.04. The summed E-state index contributed by atoms with van der Waals surface area (Å²) in [6, 6.07) is 3.32. The number of hydrogen-bond acceptors (Lipinski definition) is 4. The SMILES string of the molecule is Cl.NCCCC(=O)N1CCNC(=O)C1c1cccs1. The standard InChI is InChI=1S/C12H17N3O2S.ClH/c13-5-1-4-10(16)15-7-6-14-12(17)11(15)9-3-2-8-18-9;/h2-3,8,11H,1,4-7,13H2,(H,14,17);1H. The topological polar surface area (TPSA) is 75.4 Å². The normalized spacial score (nSPS) is 18.7. The van der Waals surface area contributed by atoms with Gasteiger partial charge in [-0.05, 0) is 24.4 Å². The fourth-order valence-corrected chi connectivity index (χ4v) is 2.90. The van der Waals surface area contributed by atoms with Gasteiger partial charge in [0.25, 0.3) is 0 Å². The summed E-state index contributed by atoms with van der Waals surface area (Å²) in [5.74, 6) is -0.0847. The predicted molar refractivity (Wildman–Crippen MR) is 77.3 cm³/mol. The van der Waals surface area contributed by atoms with E-state index in [0.717, 1.165) is 4.88 Å². The summed E-state index contributed by atoms with van der Waals surface area (Å²) in [7, 11) is 0. The lowest BCUT2D eigenvalue weighted by Gasteiger charge is -2.34. The van der Waals surface area contributed by atoms with E-state index in [-0.39, 0.29) is 24.2 Å². The summed E-state index contributed by atoms with van der Waals surface area (Å²) in [6.45, 7) is 1.59. The Morgan fingerprint density at radius 3 is 3.00 bits per heavy atom. The summed E-state index contributed by atoms with van der Waals surface area (Å²) in [6.07, 6.45) is 1.07. The molecule has 1 aliphatic rings. The number of nitrogens with zero attached hydrogens (tertiary/aromatic N) is 1. The van der Waals surface area contributed by atoms with E-state index in [2.05, 4.69) is 5.32 Å². The second kappa shape index (κ2) is 7.47. The van der Waals surface area contributed by atoms with Gasteiger partial charge in [0.1, 0.15) is 6.04 Å². The van der Waals surface area contributed by atoms with Crippen molar-refractivity contribution in [3.8, 4) is 0 Å². The van der Waals surface area contributed by atoms with E-state index in [0.29, 0.717) is 32.5 Å². The lowest BCUT2D eigenvalue weighted by atomic mass is 10.1. The molecule has 2 rings (SSSR count). The van der Waals surface area contributed by atoms with Crippen LogP contribution in [0, 0.1) is 0 Å². The van der Waals surface area contributed by atoms with E-state index >= 15 is 0 Å². The molecule has 2 heterocycles. The lowest BCUT2D eigenvalue weighted by Crippen LogP contribution is -2.51. The van der Waals surface area contributed by atoms with Gasteiger partial charge in [0, 0.05) is 24.4 Å². The average molecular weight is 304 g/mol. The highest BCUT2D eigenvalue weighted by Crippen LogP contribution is 2.27. The van der Waals surface area contributed by atoms with Crippen LogP contribution >= 0.6 is 23.7 Å². The molecule has 2 amide bonds. The average Bonchev–Trinajstić information content (AvgIpc) is 2.89. The van der Waals surface area contributed by atoms with Gasteiger partial charge in [-0.25, -0.2) is 0 Å². The molecule has 19 heavy (non-hydrogen) atoms. The molecule has 0 saturated carbocycles. The van der Waals surface area contributed by atoms with Crippen molar-refractivity contribution in [2.45, 2.75) is 18.9 Å². The molecule has 1 atom stereocenters. The molecule has 106 valence electrons. The number of hydrogen-bond donors (Lipinski definition) is 2. The Balaban J connectivity index is 0.00000180. The van der Waals surface area contributed by atoms with Crippen LogP contribution < -0.4 is 11.1 Å². The minimum atomic E-state index is -0.468. The molecule has 0 aromatic carbocycles. The zero-order chi connectivity index (χ0) is 13.0. The second-order valence-corrected chi connectivity index (χ2v) is 5.17. The van der Waals surface area contributed by atoms with Crippen LogP contribution in [0.15, 0.2) is 17.5 Å². The molecule has 5 nitrogen and oxygen atoms in total. The number of nitrogens with two attached hydrogens (primary N) is 1. The molecule has 1 fully saturated rings. The minimum Gasteiger partial charge on any atom is -0.352 e. The smallest absolute Gasteiger partial charge is 0.248 e. The van der Waals surface area contributed by atoms with Crippen molar-refractivity contribution >= 4 is 35.6 Å². The zero-order valence-electron chi connectivity index (χ0n) is 10.5. The van der Waals surface area contributed by atoms with Crippen molar-refractivity contribution in [1.82, 2.24) is 10.2 Å². The summed E-state index contributed by atoms with van der Waals surface area (Å²) >= 11 is 1.50. The van der Waals surface area contributed by atoms with Crippen molar-refractivity contribution < 1.29 is 9.59 Å². The molecular weight excluding hydrogens is 286 g/mol. The first-order valence-corrected chi connectivity index (χ1v) is 6.92. The largest absolute Gasteiger partial charge is 0.352 e. The van der Waals surface area contributed by atoms with Gasteiger partial charge in [-0.1, -0.05) is 6.07 Å². The van der Waals surface area contributed by atoms with Gasteiger partial charge in [-0.2, -0.15) is 0 Å². The maximum absolute atomic E-state index is 12.1. The summed E-state index contributed by atoms with van der Waals surface area (Å²) in [5.41, 5.74) is 5.41. The molecule has 1 saturated heterocycles. The van der Waals surface area contributed by atoms with Crippen molar-refractivity contribution in [2.75, 3.05) is 19.6 Å². The Morgan fingerprint density at radius 2 is 2.37 bits per heavy atom. The number of amides is 2. The highest BCUT2D eigenvalue weighted by atomic mass is 35.5. The van der Waals surface area contributed by atoms with E-state index in [1.54, 1.807) is 4.90 Å². The fourth-order valence-electron chi connectivity index (χ4n) is 2.06. The Hall–Kier alpha value is -1.11. The second-order valence-electron chi connectivity index (χ2n) is 4.19. The van der Waals surface area contributed by atoms with E-state index in [4.69, 9.17) is 5.73 Å². The highest BCUT2D eigenvalue weighted by molar-refractivity contribution is 7.10. The lowest BCUT2D eigenvalue weighted by molar-refractivity contribution is -0.143. The summed E-state index contributed by atoms with van der Waals surface area (Å²) in [5, 5.41) is 4.73. The third kappa shape index (κ3) is 3.68.